The van der Waals surface area contributed by atoms with Crippen LogP contribution in [0.1, 0.15) is 72.2 Å². The molecule has 1 fully saturated rings. The van der Waals surface area contributed by atoms with Gasteiger partial charge in [0.25, 0.3) is 5.91 Å². The summed E-state index contributed by atoms with van der Waals surface area (Å²) in [5, 5.41) is 25.0. The molecule has 48 heavy (non-hydrogen) atoms. The molecule has 4 N–H and O–H groups in total. The molecule has 1 amide bonds. The molecule has 4 heterocycles. The topological polar surface area (TPSA) is 187 Å². The molecule has 0 unspecified atom stereocenters. The summed E-state index contributed by atoms with van der Waals surface area (Å²) in [7, 11) is 3.21. The Kier molecular flexibility index (Phi) is 9.72. The number of carbonyl (C=O) groups is 2. The van der Waals surface area contributed by atoms with Crippen LogP contribution in [-0.2, 0) is 27.7 Å². The Morgan fingerprint density at radius 2 is 1.92 bits per heavy atom. The number of hydrogen-bond acceptors (Lipinski definition) is 11. The normalized spacial score (nSPS) is 20.6. The average molecular weight is 667 g/mol. The minimum absolute atomic E-state index is 0.00812. The predicted molar refractivity (Wildman–Crippen MR) is 174 cm³/mol. The van der Waals surface area contributed by atoms with Crippen LogP contribution in [0.4, 0.5) is 5.69 Å². The van der Waals surface area contributed by atoms with Crippen molar-refractivity contribution in [1.82, 2.24) is 14.5 Å². The van der Waals surface area contributed by atoms with E-state index in [9.17, 15) is 24.6 Å². The van der Waals surface area contributed by atoms with Crippen LogP contribution in [-0.4, -0.2) is 73.9 Å². The Bertz CT molecular complexity index is 1890. The van der Waals surface area contributed by atoms with Crippen LogP contribution in [0.25, 0.3) is 11.0 Å². The first-order chi connectivity index (χ1) is 22.6. The van der Waals surface area contributed by atoms with E-state index in [0.29, 0.717) is 17.9 Å². The third-order valence-electron chi connectivity index (χ3n) is 8.45. The molecule has 0 bridgehead atoms. The smallest absolute Gasteiger partial charge is 0.364 e. The molecule has 1 aliphatic heterocycles. The number of ether oxygens (including phenoxy) is 4. The lowest BCUT2D eigenvalue weighted by Crippen LogP contribution is -2.65. The second-order valence-electron chi connectivity index (χ2n) is 13.0. The summed E-state index contributed by atoms with van der Waals surface area (Å²) < 4.78 is 30.8. The third kappa shape index (κ3) is 6.82. The number of benzene rings is 1. The molecule has 1 aromatic carbocycles. The first-order valence-corrected chi connectivity index (χ1v) is 15.7. The molecule has 14 nitrogen and oxygen atoms in total. The van der Waals surface area contributed by atoms with E-state index in [1.807, 2.05) is 0 Å². The minimum atomic E-state index is -1.49. The van der Waals surface area contributed by atoms with E-state index in [2.05, 4.69) is 29.1 Å². The molecule has 1 saturated heterocycles. The fourth-order valence-corrected chi connectivity index (χ4v) is 5.79. The Balaban J connectivity index is 1.39. The van der Waals surface area contributed by atoms with Crippen molar-refractivity contribution in [2.75, 3.05) is 12.4 Å². The molecule has 14 heteroatoms. The summed E-state index contributed by atoms with van der Waals surface area (Å²) >= 11 is 0. The second-order valence-corrected chi connectivity index (χ2v) is 13.0. The number of amides is 1. The van der Waals surface area contributed by atoms with E-state index in [1.165, 1.54) is 19.2 Å². The van der Waals surface area contributed by atoms with E-state index >= 15 is 0 Å². The molecule has 4 atom stereocenters. The van der Waals surface area contributed by atoms with Gasteiger partial charge < -0.3 is 48.4 Å². The lowest BCUT2D eigenvalue weighted by molar-refractivity contribution is -0.305. The summed E-state index contributed by atoms with van der Waals surface area (Å²) in [5.74, 6) is -0.525. The minimum Gasteiger partial charge on any atom is -0.505 e. The number of fused-ring (bicyclic) bond motifs is 1. The third-order valence-corrected chi connectivity index (χ3v) is 8.45. The zero-order valence-corrected chi connectivity index (χ0v) is 28.2. The van der Waals surface area contributed by atoms with Gasteiger partial charge in [-0.05, 0) is 64.3 Å². The molecule has 0 saturated carbocycles. The fraction of sp³-hybridized carbons (Fsp3) is 0.471. The number of aliphatic hydroxyl groups is 1. The van der Waals surface area contributed by atoms with Crippen LogP contribution in [0.2, 0.25) is 0 Å². The van der Waals surface area contributed by atoms with E-state index in [4.69, 9.17) is 23.4 Å². The Morgan fingerprint density at radius 1 is 1.19 bits per heavy atom. The highest BCUT2D eigenvalue weighted by atomic mass is 16.7. The molecule has 3 aromatic heterocycles. The lowest BCUT2D eigenvalue weighted by Gasteiger charge is -2.47. The lowest BCUT2D eigenvalue weighted by atomic mass is 9.89. The van der Waals surface area contributed by atoms with Crippen molar-refractivity contribution in [3.05, 3.63) is 69.4 Å². The van der Waals surface area contributed by atoms with Crippen molar-refractivity contribution in [3.8, 4) is 11.5 Å². The number of carbonyl (C=O) groups excluding carboxylic acids is 2. The van der Waals surface area contributed by atoms with Crippen LogP contribution in [0.5, 0.6) is 11.5 Å². The van der Waals surface area contributed by atoms with E-state index < -0.39 is 59.1 Å². The van der Waals surface area contributed by atoms with Gasteiger partial charge in [0.2, 0.25) is 6.29 Å². The largest absolute Gasteiger partial charge is 0.505 e. The molecular formula is C34H42N4O10. The summed E-state index contributed by atoms with van der Waals surface area (Å²) in [6.07, 6.45) is -1.73. The molecule has 258 valence electrons. The average Bonchev–Trinajstić information content (AvgIpc) is 3.63. The van der Waals surface area contributed by atoms with Crippen LogP contribution in [0, 0.1) is 19.8 Å². The number of aryl methyl sites for hydroxylation is 4. The zero-order valence-electron chi connectivity index (χ0n) is 28.2. The van der Waals surface area contributed by atoms with E-state index in [-0.39, 0.29) is 28.1 Å². The fourth-order valence-electron chi connectivity index (χ4n) is 5.79. The Morgan fingerprint density at radius 3 is 2.56 bits per heavy atom. The molecule has 0 aliphatic carbocycles. The molecular weight excluding hydrogens is 624 g/mol. The Hall–Kier alpha value is -4.66. The number of imidazole rings is 1. The van der Waals surface area contributed by atoms with Crippen molar-refractivity contribution >= 4 is 28.5 Å². The number of esters is 1. The number of H-pyrrole nitrogens is 1. The maximum Gasteiger partial charge on any atom is 0.364 e. The summed E-state index contributed by atoms with van der Waals surface area (Å²) in [6, 6.07) is 6.24. The second kappa shape index (κ2) is 13.5. The van der Waals surface area contributed by atoms with Gasteiger partial charge >= 0.3 is 11.6 Å². The first kappa shape index (κ1) is 34.7. The Labute approximate surface area is 277 Å². The van der Waals surface area contributed by atoms with Gasteiger partial charge in [0.05, 0.1) is 11.0 Å². The van der Waals surface area contributed by atoms with Gasteiger partial charge in [-0.25, -0.2) is 14.6 Å². The number of nitrogens with one attached hydrogen (secondary N) is 2. The summed E-state index contributed by atoms with van der Waals surface area (Å²) in [5.41, 5.74) is -1.16. The zero-order chi connectivity index (χ0) is 35.1. The van der Waals surface area contributed by atoms with Crippen molar-refractivity contribution in [3.63, 3.8) is 0 Å². The maximum absolute atomic E-state index is 13.1. The number of nitrogens with zero attached hydrogens (tertiary/aromatic N) is 2. The van der Waals surface area contributed by atoms with Crippen LogP contribution >= 0.6 is 0 Å². The predicted octanol–water partition coefficient (Wildman–Crippen LogP) is 4.13. The van der Waals surface area contributed by atoms with Crippen molar-refractivity contribution < 1.29 is 43.2 Å². The summed E-state index contributed by atoms with van der Waals surface area (Å²) in [6.45, 7) is 11.0. The number of aromatic nitrogens is 3. The monoisotopic (exact) mass is 666 g/mol. The van der Waals surface area contributed by atoms with Gasteiger partial charge in [-0.1, -0.05) is 13.8 Å². The number of aliphatic hydroxyl groups excluding tert-OH is 1. The van der Waals surface area contributed by atoms with Crippen LogP contribution < -0.4 is 15.7 Å². The molecule has 0 radical (unpaired) electrons. The molecule has 1 aliphatic rings. The van der Waals surface area contributed by atoms with Gasteiger partial charge in [-0.2, -0.15) is 0 Å². The number of anilines is 1. The maximum atomic E-state index is 13.1. The van der Waals surface area contributed by atoms with Crippen LogP contribution in [0.15, 0.2) is 39.7 Å². The number of aromatic amines is 1. The highest BCUT2D eigenvalue weighted by Gasteiger charge is 2.53. The van der Waals surface area contributed by atoms with Gasteiger partial charge in [-0.3, -0.25) is 4.79 Å². The number of rotatable bonds is 10. The number of hydrogen-bond donors (Lipinski definition) is 4. The highest BCUT2D eigenvalue weighted by molar-refractivity contribution is 6.05. The van der Waals surface area contributed by atoms with E-state index in [1.54, 1.807) is 57.6 Å². The van der Waals surface area contributed by atoms with Crippen molar-refractivity contribution in [1.29, 1.82) is 0 Å². The van der Waals surface area contributed by atoms with Gasteiger partial charge in [0.1, 0.15) is 34.6 Å². The van der Waals surface area contributed by atoms with Gasteiger partial charge in [0.15, 0.2) is 23.6 Å². The highest BCUT2D eigenvalue weighted by Crippen LogP contribution is 2.38. The van der Waals surface area contributed by atoms with Gasteiger partial charge in [0, 0.05) is 38.0 Å². The molecule has 5 rings (SSSR count). The number of aromatic hydroxyl groups is 1. The van der Waals surface area contributed by atoms with E-state index in [0.717, 1.165) is 17.9 Å². The summed E-state index contributed by atoms with van der Waals surface area (Å²) in [4.78, 5) is 46.3. The first-order valence-electron chi connectivity index (χ1n) is 15.7. The standard InChI is InChI=1S/C34H42N4O10/c1-16(2)9-14-23-36-21(15-38(23)7)30(41)37-24-25(39)19-11-13-22(18(4)27(19)46-32(24)43)45-33-26(40)28(29(44-8)34(5,6)48-33)47-31(42)20-12-10-17(3)35-20/h10-13,15-16,26,28-29,33,35,39-40H,9,14H2,1-8H3,(H,37,41)/t26-,28+,29-,33-/m1/s1. The van der Waals surface area contributed by atoms with Crippen molar-refractivity contribution in [2.24, 2.45) is 13.0 Å². The molecule has 0 spiro atoms. The quantitative estimate of drug-likeness (QED) is 0.141. The molecule has 4 aromatic rings. The van der Waals surface area contributed by atoms with Gasteiger partial charge in [-0.15, -0.1) is 0 Å². The SMILES string of the molecule is CO[C@@H]1[C@@H](OC(=O)c2ccc(C)[nH]2)[C@@H](O)[C@H](Oc2ccc3c(O)c(NC(=O)c4cn(C)c(CCC(C)C)n4)c(=O)oc3c2C)OC1(C)C. The van der Waals surface area contributed by atoms with Crippen molar-refractivity contribution in [2.45, 2.75) is 84.6 Å². The number of methoxy groups -OCH3 is 1. The van der Waals surface area contributed by atoms with Crippen LogP contribution in [0.3, 0.4) is 0 Å².